The fraction of sp³-hybridized carbons (Fsp3) is 0.476. The van der Waals surface area contributed by atoms with Crippen molar-refractivity contribution in [2.75, 3.05) is 13.1 Å². The topological polar surface area (TPSA) is 55.2 Å². The summed E-state index contributed by atoms with van der Waals surface area (Å²) in [7, 11) is 0. The molecule has 0 N–H and O–H groups in total. The molecule has 2 aromatic rings. The van der Waals surface area contributed by atoms with Crippen molar-refractivity contribution < 1.29 is 4.79 Å². The van der Waals surface area contributed by atoms with Crippen LogP contribution < -0.4 is 5.56 Å². The lowest BCUT2D eigenvalue weighted by Crippen LogP contribution is -2.55. The Morgan fingerprint density at radius 3 is 2.65 bits per heavy atom. The lowest BCUT2D eigenvalue weighted by atomic mass is 9.90. The van der Waals surface area contributed by atoms with E-state index in [0.717, 1.165) is 62.0 Å². The third kappa shape index (κ3) is 2.49. The third-order valence-electron chi connectivity index (χ3n) is 6.19. The Labute approximate surface area is 152 Å². The van der Waals surface area contributed by atoms with Crippen LogP contribution in [0.5, 0.6) is 0 Å². The van der Waals surface area contributed by atoms with Crippen LogP contribution in [-0.4, -0.2) is 33.7 Å². The molecule has 2 fully saturated rings. The van der Waals surface area contributed by atoms with Crippen LogP contribution in [0.1, 0.15) is 36.1 Å². The van der Waals surface area contributed by atoms with E-state index < -0.39 is 0 Å². The summed E-state index contributed by atoms with van der Waals surface area (Å²) in [6, 6.07) is 11.9. The van der Waals surface area contributed by atoms with Crippen LogP contribution in [0.2, 0.25) is 0 Å². The van der Waals surface area contributed by atoms with Gasteiger partial charge in [0.05, 0.1) is 17.7 Å². The average Bonchev–Trinajstić information content (AvgIpc) is 3.32. The van der Waals surface area contributed by atoms with Crippen LogP contribution in [-0.2, 0) is 29.6 Å². The van der Waals surface area contributed by atoms with Gasteiger partial charge in [0, 0.05) is 25.1 Å². The number of hydrogen-bond donors (Lipinski definition) is 0. The second-order valence-electron chi connectivity index (χ2n) is 8.01. The van der Waals surface area contributed by atoms with Crippen molar-refractivity contribution in [3.8, 4) is 0 Å². The van der Waals surface area contributed by atoms with Gasteiger partial charge in [-0.3, -0.25) is 9.59 Å². The molecule has 134 valence electrons. The van der Waals surface area contributed by atoms with Crippen molar-refractivity contribution in [3.05, 3.63) is 63.6 Å². The Hall–Kier alpha value is -2.43. The quantitative estimate of drug-likeness (QED) is 0.847. The van der Waals surface area contributed by atoms with Crippen LogP contribution in [0, 0.1) is 5.92 Å². The zero-order valence-corrected chi connectivity index (χ0v) is 14.9. The Bertz CT molecular complexity index is 909. The molecule has 1 aromatic heterocycles. The number of carbonyl (C=O) groups is 1. The number of aromatic nitrogens is 2. The summed E-state index contributed by atoms with van der Waals surface area (Å²) in [6.45, 7) is 2.09. The molecule has 1 saturated heterocycles. The molecule has 0 bridgehead atoms. The SMILES string of the molecule is O=C(N1CC(Cn2nc3c(cc2=O)CCC3)C1)C1(c2ccccc2)CC1. The van der Waals surface area contributed by atoms with Gasteiger partial charge >= 0.3 is 0 Å². The van der Waals surface area contributed by atoms with E-state index in [2.05, 4.69) is 17.2 Å². The maximum atomic E-state index is 13.0. The fourth-order valence-corrected chi connectivity index (χ4v) is 4.48. The first kappa shape index (κ1) is 15.8. The lowest BCUT2D eigenvalue weighted by Gasteiger charge is -2.41. The average molecular weight is 349 g/mol. The van der Waals surface area contributed by atoms with E-state index in [1.165, 1.54) is 0 Å². The van der Waals surface area contributed by atoms with Crippen LogP contribution in [0.3, 0.4) is 0 Å². The van der Waals surface area contributed by atoms with Gasteiger partial charge in [-0.25, -0.2) is 4.68 Å². The molecule has 26 heavy (non-hydrogen) atoms. The van der Waals surface area contributed by atoms with Gasteiger partial charge < -0.3 is 4.90 Å². The molecule has 1 aliphatic heterocycles. The lowest BCUT2D eigenvalue weighted by molar-refractivity contribution is -0.140. The molecule has 2 aliphatic carbocycles. The van der Waals surface area contributed by atoms with E-state index in [-0.39, 0.29) is 16.9 Å². The number of likely N-dealkylation sites (tertiary alicyclic amines) is 1. The monoisotopic (exact) mass is 349 g/mol. The summed E-state index contributed by atoms with van der Waals surface area (Å²) < 4.78 is 1.61. The number of aryl methyl sites for hydroxylation is 2. The molecule has 2 heterocycles. The van der Waals surface area contributed by atoms with E-state index >= 15 is 0 Å². The third-order valence-corrected chi connectivity index (χ3v) is 6.19. The molecule has 1 amide bonds. The number of fused-ring (bicyclic) bond motifs is 1. The van der Waals surface area contributed by atoms with Crippen molar-refractivity contribution in [1.29, 1.82) is 0 Å². The number of benzene rings is 1. The van der Waals surface area contributed by atoms with Gasteiger partial charge in [0.25, 0.3) is 5.56 Å². The smallest absolute Gasteiger partial charge is 0.267 e. The van der Waals surface area contributed by atoms with Gasteiger partial charge in [-0.15, -0.1) is 0 Å². The minimum absolute atomic E-state index is 0.00150. The Kier molecular flexibility index (Phi) is 3.52. The van der Waals surface area contributed by atoms with E-state index in [0.29, 0.717) is 12.5 Å². The highest BCUT2D eigenvalue weighted by molar-refractivity contribution is 5.91. The minimum Gasteiger partial charge on any atom is -0.341 e. The van der Waals surface area contributed by atoms with Crippen molar-refractivity contribution in [2.45, 2.75) is 44.1 Å². The maximum Gasteiger partial charge on any atom is 0.267 e. The van der Waals surface area contributed by atoms with E-state index in [1.54, 1.807) is 10.7 Å². The second-order valence-corrected chi connectivity index (χ2v) is 8.01. The summed E-state index contributed by atoms with van der Waals surface area (Å²) in [5.74, 6) is 0.587. The van der Waals surface area contributed by atoms with Crippen molar-refractivity contribution in [3.63, 3.8) is 0 Å². The van der Waals surface area contributed by atoms with Gasteiger partial charge in [-0.05, 0) is 43.2 Å². The predicted molar refractivity (Wildman–Crippen MR) is 97.9 cm³/mol. The molecule has 0 atom stereocenters. The Morgan fingerprint density at radius 2 is 1.92 bits per heavy atom. The van der Waals surface area contributed by atoms with E-state index in [4.69, 9.17) is 0 Å². The number of carbonyl (C=O) groups excluding carboxylic acids is 1. The normalized spacial score (nSPS) is 20.5. The molecule has 0 spiro atoms. The van der Waals surface area contributed by atoms with E-state index in [9.17, 15) is 9.59 Å². The number of amides is 1. The Morgan fingerprint density at radius 1 is 1.15 bits per heavy atom. The molecule has 3 aliphatic rings. The summed E-state index contributed by atoms with van der Waals surface area (Å²) in [5.41, 5.74) is 3.06. The molecular formula is C21H23N3O2. The summed E-state index contributed by atoms with van der Waals surface area (Å²) in [4.78, 5) is 27.2. The molecule has 5 nitrogen and oxygen atoms in total. The summed E-state index contributed by atoms with van der Waals surface area (Å²) in [6.07, 6.45) is 4.95. The van der Waals surface area contributed by atoms with Crippen LogP contribution in [0.4, 0.5) is 0 Å². The number of nitrogens with zero attached hydrogens (tertiary/aromatic N) is 3. The summed E-state index contributed by atoms with van der Waals surface area (Å²) >= 11 is 0. The number of hydrogen-bond acceptors (Lipinski definition) is 3. The van der Waals surface area contributed by atoms with Crippen molar-refractivity contribution in [1.82, 2.24) is 14.7 Å². The van der Waals surface area contributed by atoms with Crippen molar-refractivity contribution in [2.24, 2.45) is 5.92 Å². The van der Waals surface area contributed by atoms with Gasteiger partial charge in [-0.2, -0.15) is 5.10 Å². The molecular weight excluding hydrogens is 326 g/mol. The first-order valence-electron chi connectivity index (χ1n) is 9.60. The van der Waals surface area contributed by atoms with E-state index in [1.807, 2.05) is 23.1 Å². The largest absolute Gasteiger partial charge is 0.341 e. The van der Waals surface area contributed by atoms with Crippen molar-refractivity contribution >= 4 is 5.91 Å². The second kappa shape index (κ2) is 5.79. The van der Waals surface area contributed by atoms with Crippen LogP contribution in [0.15, 0.2) is 41.2 Å². The highest BCUT2D eigenvalue weighted by atomic mass is 16.2. The highest BCUT2D eigenvalue weighted by Crippen LogP contribution is 2.50. The van der Waals surface area contributed by atoms with Gasteiger partial charge in [0.15, 0.2) is 0 Å². The molecule has 0 radical (unpaired) electrons. The first-order valence-corrected chi connectivity index (χ1v) is 9.60. The highest BCUT2D eigenvalue weighted by Gasteiger charge is 2.54. The molecule has 1 saturated carbocycles. The van der Waals surface area contributed by atoms with Gasteiger partial charge in [0.1, 0.15) is 0 Å². The first-order chi connectivity index (χ1) is 12.7. The molecule has 5 heteroatoms. The predicted octanol–water partition coefficient (Wildman–Crippen LogP) is 1.92. The van der Waals surface area contributed by atoms with Crippen LogP contribution in [0.25, 0.3) is 0 Å². The fourth-order valence-electron chi connectivity index (χ4n) is 4.48. The van der Waals surface area contributed by atoms with Gasteiger partial charge in [0.2, 0.25) is 5.91 Å². The molecule has 0 unspecified atom stereocenters. The molecule has 5 rings (SSSR count). The molecule has 1 aromatic carbocycles. The van der Waals surface area contributed by atoms with Gasteiger partial charge in [-0.1, -0.05) is 30.3 Å². The summed E-state index contributed by atoms with van der Waals surface area (Å²) in [5, 5.41) is 4.55. The maximum absolute atomic E-state index is 13.0. The zero-order valence-electron chi connectivity index (χ0n) is 14.9. The standard InChI is InChI=1S/C21H23N3O2/c25-19-11-16-5-4-8-18(16)22-24(19)14-15-12-23(13-15)20(26)21(9-10-21)17-6-2-1-3-7-17/h1-3,6-7,11,15H,4-5,8-10,12-14H2. The minimum atomic E-state index is -0.283. The zero-order chi connectivity index (χ0) is 17.7. The van der Waals surface area contributed by atoms with Crippen LogP contribution >= 0.6 is 0 Å². The number of rotatable bonds is 4. The Balaban J connectivity index is 1.25.